The number of hydrogen-bond donors (Lipinski definition) is 1. The monoisotopic (exact) mass is 164 g/mol. The van der Waals surface area contributed by atoms with E-state index < -0.39 is 10.5 Å². The van der Waals surface area contributed by atoms with E-state index in [2.05, 4.69) is 0 Å². The maximum absolute atomic E-state index is 10.2. The van der Waals surface area contributed by atoms with Crippen LogP contribution in [-0.4, -0.2) is 31.8 Å². The molecule has 0 unspecified atom stereocenters. The molecule has 7 heteroatoms. The fourth-order valence-electron chi connectivity index (χ4n) is 0. The quantitative estimate of drug-likeness (QED) is 0.287. The van der Waals surface area contributed by atoms with Crippen LogP contribution in [0.1, 0.15) is 0 Å². The van der Waals surface area contributed by atoms with Crippen molar-refractivity contribution in [2.75, 3.05) is 0 Å². The SMILES string of the molecule is O=S(=O)(O)F.[Fe].[LiH]. The molecule has 0 spiro atoms. The Labute approximate surface area is 63.4 Å². The summed E-state index contributed by atoms with van der Waals surface area (Å²) in [5.74, 6) is 0. The van der Waals surface area contributed by atoms with Crippen LogP contribution < -0.4 is 0 Å². The van der Waals surface area contributed by atoms with Crippen molar-refractivity contribution in [3.8, 4) is 0 Å². The molecular formula is H2FFeLiO3S. The van der Waals surface area contributed by atoms with Crippen LogP contribution in [-0.2, 0) is 27.6 Å². The summed E-state index contributed by atoms with van der Waals surface area (Å²) in [5, 5.41) is 0. The van der Waals surface area contributed by atoms with E-state index in [1.807, 2.05) is 0 Å². The molecule has 3 nitrogen and oxygen atoms in total. The van der Waals surface area contributed by atoms with Crippen molar-refractivity contribution in [2.45, 2.75) is 0 Å². The first-order valence-corrected chi connectivity index (χ1v) is 2.01. The summed E-state index contributed by atoms with van der Waals surface area (Å²) in [4.78, 5) is 0. The summed E-state index contributed by atoms with van der Waals surface area (Å²) >= 11 is 0. The van der Waals surface area contributed by atoms with E-state index in [1.54, 1.807) is 0 Å². The van der Waals surface area contributed by atoms with Crippen LogP contribution in [0, 0.1) is 0 Å². The normalized spacial score (nSPS) is 8.29. The summed E-state index contributed by atoms with van der Waals surface area (Å²) < 4.78 is 34.1. The van der Waals surface area contributed by atoms with Gasteiger partial charge in [0.1, 0.15) is 0 Å². The zero-order valence-electron chi connectivity index (χ0n) is 2.40. The second-order valence-electron chi connectivity index (χ2n) is 0.412. The third kappa shape index (κ3) is 187. The van der Waals surface area contributed by atoms with Gasteiger partial charge in [0.05, 0.1) is 0 Å². The van der Waals surface area contributed by atoms with Gasteiger partial charge in [-0.1, -0.05) is 3.89 Å². The summed E-state index contributed by atoms with van der Waals surface area (Å²) in [7, 11) is -5.17. The standard InChI is InChI=1S/FHO3S.Fe.Li.H/c1-5(2,3)4;;;/h(H,2,3,4);;;. The minimum absolute atomic E-state index is 0. The van der Waals surface area contributed by atoms with E-state index >= 15 is 0 Å². The molecule has 42 valence electrons. The van der Waals surface area contributed by atoms with E-state index in [4.69, 9.17) is 13.0 Å². The summed E-state index contributed by atoms with van der Waals surface area (Å²) in [6.45, 7) is 0. The fraction of sp³-hybridized carbons (Fsp3) is 0. The Hall–Kier alpha value is 0.957. The van der Waals surface area contributed by atoms with Gasteiger partial charge in [-0.25, -0.2) is 0 Å². The van der Waals surface area contributed by atoms with E-state index in [9.17, 15) is 3.89 Å². The first-order chi connectivity index (χ1) is 2.00. The van der Waals surface area contributed by atoms with Crippen LogP contribution >= 0.6 is 0 Å². The Morgan fingerprint density at radius 3 is 1.43 bits per heavy atom. The Balaban J connectivity index is -0.0000000800. The van der Waals surface area contributed by atoms with Crippen LogP contribution in [0.2, 0.25) is 0 Å². The number of rotatable bonds is 0. The molecule has 0 rings (SSSR count). The van der Waals surface area contributed by atoms with Gasteiger partial charge in [-0.3, -0.25) is 4.55 Å². The second-order valence-corrected chi connectivity index (χ2v) is 1.24. The maximum atomic E-state index is 10.2. The van der Waals surface area contributed by atoms with Crippen LogP contribution in [0.5, 0.6) is 0 Å². The van der Waals surface area contributed by atoms with Crippen molar-refractivity contribution in [3.05, 3.63) is 0 Å². The van der Waals surface area contributed by atoms with Gasteiger partial charge in [-0.2, -0.15) is 8.42 Å². The molecule has 0 heterocycles. The van der Waals surface area contributed by atoms with E-state index in [0.29, 0.717) is 0 Å². The Bertz CT molecular complexity index is 98.1. The van der Waals surface area contributed by atoms with Crippen molar-refractivity contribution in [3.63, 3.8) is 0 Å². The van der Waals surface area contributed by atoms with Gasteiger partial charge in [0.2, 0.25) is 0 Å². The molecule has 0 fully saturated rings. The number of halogens is 1. The van der Waals surface area contributed by atoms with Crippen LogP contribution in [0.3, 0.4) is 0 Å². The first kappa shape index (κ1) is 15.7. The molecule has 0 amide bonds. The molecule has 0 saturated heterocycles. The molecular weight excluding hydrogens is 162 g/mol. The molecule has 0 saturated carbocycles. The predicted octanol–water partition coefficient (Wildman–Crippen LogP) is -0.892. The van der Waals surface area contributed by atoms with Crippen molar-refractivity contribution < 1.29 is 33.9 Å². The molecule has 0 aliphatic rings. The molecule has 0 aromatic carbocycles. The zero-order chi connectivity index (χ0) is 4.50. The van der Waals surface area contributed by atoms with E-state index in [0.717, 1.165) is 0 Å². The molecule has 0 atom stereocenters. The fourth-order valence-corrected chi connectivity index (χ4v) is 0. The Morgan fingerprint density at radius 2 is 1.43 bits per heavy atom. The zero-order valence-corrected chi connectivity index (χ0v) is 4.32. The van der Waals surface area contributed by atoms with E-state index in [1.165, 1.54) is 0 Å². The molecule has 1 N–H and O–H groups in total. The van der Waals surface area contributed by atoms with Gasteiger partial charge in [0, 0.05) is 17.1 Å². The summed E-state index contributed by atoms with van der Waals surface area (Å²) in [6, 6.07) is 0. The predicted molar refractivity (Wildman–Crippen MR) is 19.8 cm³/mol. The first-order valence-electron chi connectivity index (χ1n) is 0.670. The average Bonchev–Trinajstić information content (AvgIpc) is 0.722. The second kappa shape index (κ2) is 5.10. The van der Waals surface area contributed by atoms with Crippen LogP contribution in [0.15, 0.2) is 0 Å². The number of hydrogen-bond acceptors (Lipinski definition) is 2. The Kier molecular flexibility index (Phi) is 11.4. The molecule has 0 aliphatic heterocycles. The molecule has 0 aliphatic carbocycles. The Morgan fingerprint density at radius 1 is 1.43 bits per heavy atom. The van der Waals surface area contributed by atoms with Crippen molar-refractivity contribution in [2.24, 2.45) is 0 Å². The van der Waals surface area contributed by atoms with Crippen LogP contribution in [0.4, 0.5) is 3.89 Å². The van der Waals surface area contributed by atoms with E-state index in [-0.39, 0.29) is 35.9 Å². The topological polar surface area (TPSA) is 54.4 Å². The molecule has 7 heavy (non-hydrogen) atoms. The molecule has 0 radical (unpaired) electrons. The summed E-state index contributed by atoms with van der Waals surface area (Å²) in [5.41, 5.74) is 0. The summed E-state index contributed by atoms with van der Waals surface area (Å²) in [6.07, 6.45) is 0. The van der Waals surface area contributed by atoms with Gasteiger partial charge < -0.3 is 0 Å². The van der Waals surface area contributed by atoms with Gasteiger partial charge in [-0.05, 0) is 0 Å². The third-order valence-electron chi connectivity index (χ3n) is 0. The van der Waals surface area contributed by atoms with Gasteiger partial charge >= 0.3 is 29.4 Å². The minimum atomic E-state index is -5.17. The van der Waals surface area contributed by atoms with Crippen molar-refractivity contribution in [1.82, 2.24) is 0 Å². The van der Waals surface area contributed by atoms with Gasteiger partial charge in [0.15, 0.2) is 0 Å². The van der Waals surface area contributed by atoms with Crippen molar-refractivity contribution >= 4 is 29.4 Å². The van der Waals surface area contributed by atoms with Gasteiger partial charge in [0.25, 0.3) is 0 Å². The molecule has 0 aromatic heterocycles. The van der Waals surface area contributed by atoms with Crippen LogP contribution in [0.25, 0.3) is 0 Å². The van der Waals surface area contributed by atoms with Gasteiger partial charge in [-0.15, -0.1) is 0 Å². The van der Waals surface area contributed by atoms with Crippen molar-refractivity contribution in [1.29, 1.82) is 0 Å². The molecule has 0 aromatic rings. The molecule has 0 bridgehead atoms. The third-order valence-corrected chi connectivity index (χ3v) is 0. The average molecular weight is 164 g/mol.